The zero-order chi connectivity index (χ0) is 21.1. The van der Waals surface area contributed by atoms with Crippen LogP contribution in [0.1, 0.15) is 12.5 Å². The molecule has 0 aliphatic carbocycles. The highest BCUT2D eigenvalue weighted by Crippen LogP contribution is 2.24. The number of imidazole rings is 1. The van der Waals surface area contributed by atoms with Crippen molar-refractivity contribution >= 4 is 22.9 Å². The number of aromatic amines is 1. The Kier molecular flexibility index (Phi) is 6.29. The molecule has 154 valence electrons. The zero-order valence-corrected chi connectivity index (χ0v) is 17.5. The number of hydrogen-bond donors (Lipinski definition) is 2. The molecule has 8 nitrogen and oxygen atoms in total. The van der Waals surface area contributed by atoms with Crippen LogP contribution in [0.4, 0.5) is 0 Å². The van der Waals surface area contributed by atoms with Crippen LogP contribution < -0.4 is 16.0 Å². The van der Waals surface area contributed by atoms with Crippen molar-refractivity contribution in [1.29, 1.82) is 0 Å². The van der Waals surface area contributed by atoms with Crippen LogP contribution in [0.3, 0.4) is 0 Å². The summed E-state index contributed by atoms with van der Waals surface area (Å²) in [5, 5.41) is 11.1. The van der Waals surface area contributed by atoms with Gasteiger partial charge in [-0.1, -0.05) is 42.1 Å². The number of aryl methyl sites for hydroxylation is 2. The van der Waals surface area contributed by atoms with E-state index < -0.39 is 17.4 Å². The van der Waals surface area contributed by atoms with Crippen LogP contribution in [0.15, 0.2) is 51.2 Å². The van der Waals surface area contributed by atoms with Gasteiger partial charge in [0, 0.05) is 12.8 Å². The number of para-hydroxylation sites is 1. The summed E-state index contributed by atoms with van der Waals surface area (Å²) in [5.41, 5.74) is 1.36. The number of thioether (sulfide) groups is 1. The molecule has 0 saturated carbocycles. The molecule has 0 amide bonds. The number of rotatable bonds is 8. The third-order valence-electron chi connectivity index (χ3n) is 4.34. The van der Waals surface area contributed by atoms with Crippen molar-refractivity contribution < 1.29 is 9.84 Å². The third kappa shape index (κ3) is 4.63. The number of fused-ring (bicyclic) bond motifs is 1. The molecular weight excluding hydrogens is 392 g/mol. The van der Waals surface area contributed by atoms with Crippen LogP contribution in [-0.2, 0) is 13.6 Å². The fourth-order valence-electron chi connectivity index (χ4n) is 2.85. The molecule has 0 radical (unpaired) electrons. The number of nitrogens with zero attached hydrogens (tertiary/aromatic N) is 3. The van der Waals surface area contributed by atoms with Crippen LogP contribution in [0.25, 0.3) is 11.2 Å². The number of ether oxygens (including phenoxy) is 1. The van der Waals surface area contributed by atoms with Gasteiger partial charge in [-0.3, -0.25) is 14.3 Å². The van der Waals surface area contributed by atoms with Crippen LogP contribution >= 0.6 is 11.8 Å². The zero-order valence-electron chi connectivity index (χ0n) is 16.6. The number of nitrogens with one attached hydrogen (secondary N) is 1. The summed E-state index contributed by atoms with van der Waals surface area (Å²) >= 11 is 1.40. The van der Waals surface area contributed by atoms with Crippen molar-refractivity contribution in [3.8, 4) is 5.75 Å². The summed E-state index contributed by atoms with van der Waals surface area (Å²) in [6.07, 6.45) is -0.882. The van der Waals surface area contributed by atoms with Crippen molar-refractivity contribution in [2.45, 2.75) is 31.7 Å². The molecule has 9 heteroatoms. The van der Waals surface area contributed by atoms with E-state index in [4.69, 9.17) is 4.74 Å². The van der Waals surface area contributed by atoms with E-state index in [2.05, 4.69) is 16.5 Å². The molecule has 0 unspecified atom stereocenters. The van der Waals surface area contributed by atoms with E-state index in [1.807, 2.05) is 38.1 Å². The summed E-state index contributed by atoms with van der Waals surface area (Å²) in [4.78, 5) is 31.1. The molecule has 3 aromatic rings. The lowest BCUT2D eigenvalue weighted by atomic mass is 10.2. The van der Waals surface area contributed by atoms with Gasteiger partial charge in [0.2, 0.25) is 0 Å². The Morgan fingerprint density at radius 3 is 2.79 bits per heavy atom. The lowest BCUT2D eigenvalue weighted by Crippen LogP contribution is -2.30. The van der Waals surface area contributed by atoms with Crippen molar-refractivity contribution in [2.75, 3.05) is 12.4 Å². The summed E-state index contributed by atoms with van der Waals surface area (Å²) < 4.78 is 8.64. The van der Waals surface area contributed by atoms with E-state index in [1.165, 1.54) is 16.3 Å². The van der Waals surface area contributed by atoms with Gasteiger partial charge < -0.3 is 14.4 Å². The minimum Gasteiger partial charge on any atom is -0.491 e. The average Bonchev–Trinajstić information content (AvgIpc) is 3.03. The molecule has 0 fully saturated rings. The molecule has 2 heterocycles. The van der Waals surface area contributed by atoms with Gasteiger partial charge in [0.25, 0.3) is 5.56 Å². The molecule has 1 aromatic carbocycles. The van der Waals surface area contributed by atoms with E-state index in [9.17, 15) is 14.7 Å². The van der Waals surface area contributed by atoms with E-state index in [0.29, 0.717) is 16.7 Å². The monoisotopic (exact) mass is 416 g/mol. The first-order chi connectivity index (χ1) is 13.8. The van der Waals surface area contributed by atoms with E-state index in [-0.39, 0.29) is 24.3 Å². The molecule has 1 atom stereocenters. The average molecular weight is 417 g/mol. The molecule has 2 aromatic heterocycles. The Balaban J connectivity index is 1.91. The predicted octanol–water partition coefficient (Wildman–Crippen LogP) is 1.84. The van der Waals surface area contributed by atoms with Crippen molar-refractivity contribution in [2.24, 2.45) is 7.05 Å². The van der Waals surface area contributed by atoms with Gasteiger partial charge in [-0.15, -0.1) is 0 Å². The quantitative estimate of drug-likeness (QED) is 0.429. The number of aliphatic hydroxyl groups excluding tert-OH is 1. The van der Waals surface area contributed by atoms with Gasteiger partial charge in [0.1, 0.15) is 18.5 Å². The highest BCUT2D eigenvalue weighted by atomic mass is 32.2. The normalized spacial score (nSPS) is 12.3. The van der Waals surface area contributed by atoms with Crippen molar-refractivity contribution in [3.63, 3.8) is 0 Å². The highest BCUT2D eigenvalue weighted by molar-refractivity contribution is 7.99. The Morgan fingerprint density at radius 1 is 1.38 bits per heavy atom. The maximum atomic E-state index is 12.5. The van der Waals surface area contributed by atoms with Gasteiger partial charge in [0.15, 0.2) is 16.3 Å². The van der Waals surface area contributed by atoms with E-state index >= 15 is 0 Å². The first kappa shape index (κ1) is 20.9. The number of aromatic nitrogens is 4. The highest BCUT2D eigenvalue weighted by Gasteiger charge is 2.20. The van der Waals surface area contributed by atoms with Crippen LogP contribution in [0, 0.1) is 6.92 Å². The number of aliphatic hydroxyl groups is 1. The molecular formula is C20H24N4O4S. The molecule has 0 saturated heterocycles. The van der Waals surface area contributed by atoms with Gasteiger partial charge >= 0.3 is 5.69 Å². The van der Waals surface area contributed by atoms with Crippen LogP contribution in [-0.4, -0.2) is 42.7 Å². The first-order valence-corrected chi connectivity index (χ1v) is 10.1. The Labute approximate surface area is 171 Å². The molecule has 0 spiro atoms. The molecule has 3 rings (SSSR count). The van der Waals surface area contributed by atoms with Gasteiger partial charge in [-0.05, 0) is 25.5 Å². The summed E-state index contributed by atoms with van der Waals surface area (Å²) in [6.45, 7) is 7.86. The third-order valence-corrected chi connectivity index (χ3v) is 5.54. The first-order valence-electron chi connectivity index (χ1n) is 9.11. The van der Waals surface area contributed by atoms with Crippen LogP contribution in [0.5, 0.6) is 5.75 Å². The SMILES string of the molecule is C=C(C)CSc1nc2c(c(=O)[nH]c(=O)n2C)n1C[C@H](O)COc1ccccc1C. The second-order valence-electron chi connectivity index (χ2n) is 6.97. The van der Waals surface area contributed by atoms with Crippen molar-refractivity contribution in [1.82, 2.24) is 19.1 Å². The topological polar surface area (TPSA) is 102 Å². The Hall–Kier alpha value is -2.78. The minimum atomic E-state index is -0.882. The standard InChI is InChI=1S/C20H24N4O4S/c1-12(2)11-29-20-21-17-16(18(26)22-19(27)23(17)4)24(20)9-14(25)10-28-15-8-6-5-7-13(15)3/h5-8,14,25H,1,9-11H2,2-4H3,(H,22,26,27)/t14-/m0/s1. The predicted molar refractivity (Wildman–Crippen MR) is 114 cm³/mol. The van der Waals surface area contributed by atoms with Crippen LogP contribution in [0.2, 0.25) is 0 Å². The maximum absolute atomic E-state index is 12.5. The molecule has 0 aliphatic heterocycles. The van der Waals surface area contributed by atoms with Gasteiger partial charge in [-0.2, -0.15) is 0 Å². The molecule has 0 aliphatic rings. The second kappa shape index (κ2) is 8.71. The van der Waals surface area contributed by atoms with Gasteiger partial charge in [0.05, 0.1) is 6.54 Å². The maximum Gasteiger partial charge on any atom is 0.329 e. The fourth-order valence-corrected chi connectivity index (χ4v) is 3.70. The number of hydrogen-bond acceptors (Lipinski definition) is 6. The lowest BCUT2D eigenvalue weighted by Gasteiger charge is -2.16. The van der Waals surface area contributed by atoms with E-state index in [1.54, 1.807) is 11.6 Å². The largest absolute Gasteiger partial charge is 0.491 e. The lowest BCUT2D eigenvalue weighted by molar-refractivity contribution is 0.0910. The summed E-state index contributed by atoms with van der Waals surface area (Å²) in [7, 11) is 1.54. The number of benzene rings is 1. The molecule has 2 N–H and O–H groups in total. The van der Waals surface area contributed by atoms with E-state index in [0.717, 1.165) is 11.1 Å². The molecule has 29 heavy (non-hydrogen) atoms. The second-order valence-corrected chi connectivity index (χ2v) is 7.91. The Bertz CT molecular complexity index is 1160. The Morgan fingerprint density at radius 2 is 2.10 bits per heavy atom. The van der Waals surface area contributed by atoms with Gasteiger partial charge in [-0.25, -0.2) is 9.78 Å². The summed E-state index contributed by atoms with van der Waals surface area (Å²) in [6, 6.07) is 7.54. The fraction of sp³-hybridized carbons (Fsp3) is 0.350. The smallest absolute Gasteiger partial charge is 0.329 e. The molecule has 0 bridgehead atoms. The number of H-pyrrole nitrogens is 1. The summed E-state index contributed by atoms with van der Waals surface area (Å²) in [5.74, 6) is 1.30. The minimum absolute atomic E-state index is 0.0544. The van der Waals surface area contributed by atoms with Crippen molar-refractivity contribution in [3.05, 3.63) is 62.8 Å².